The molecule has 1 atom stereocenters. The quantitative estimate of drug-likeness (QED) is 0.775. The second kappa shape index (κ2) is 4.75. The van der Waals surface area contributed by atoms with Gasteiger partial charge in [-0.2, -0.15) is 0 Å². The van der Waals surface area contributed by atoms with Gasteiger partial charge in [-0.3, -0.25) is 4.79 Å². The van der Waals surface area contributed by atoms with Crippen LogP contribution in [0.5, 0.6) is 5.75 Å². The average molecular weight is 213 g/mol. The van der Waals surface area contributed by atoms with E-state index in [4.69, 9.17) is 15.6 Å². The Bertz CT molecular complexity index is 368. The van der Waals surface area contributed by atoms with Crippen molar-refractivity contribution < 1.29 is 19.0 Å². The smallest absolute Gasteiger partial charge is 0.320 e. The number of hydrogen-bond donors (Lipinski definition) is 2. The van der Waals surface area contributed by atoms with E-state index in [0.717, 1.165) is 0 Å². The first-order chi connectivity index (χ1) is 7.04. The summed E-state index contributed by atoms with van der Waals surface area (Å²) in [6, 6.07) is 3.24. The van der Waals surface area contributed by atoms with Crippen molar-refractivity contribution in [3.63, 3.8) is 0 Å². The van der Waals surface area contributed by atoms with Crippen LogP contribution < -0.4 is 10.5 Å². The molecule has 1 aromatic carbocycles. The number of aliphatic carboxylic acids is 1. The first-order valence-electron chi connectivity index (χ1n) is 4.35. The van der Waals surface area contributed by atoms with Crippen molar-refractivity contribution in [2.75, 3.05) is 7.11 Å². The molecular weight excluding hydrogens is 201 g/mol. The molecule has 5 heteroatoms. The zero-order valence-corrected chi connectivity index (χ0v) is 8.24. The molecule has 1 rings (SSSR count). The predicted molar refractivity (Wildman–Crippen MR) is 52.3 cm³/mol. The van der Waals surface area contributed by atoms with Crippen LogP contribution in [0.4, 0.5) is 4.39 Å². The molecule has 0 bridgehead atoms. The zero-order valence-electron chi connectivity index (χ0n) is 8.24. The van der Waals surface area contributed by atoms with Gasteiger partial charge in [-0.1, -0.05) is 6.07 Å². The number of carboxylic acid groups (broad SMARTS) is 1. The van der Waals surface area contributed by atoms with E-state index < -0.39 is 17.8 Å². The van der Waals surface area contributed by atoms with Crippen LogP contribution in [0.15, 0.2) is 18.2 Å². The van der Waals surface area contributed by atoms with Gasteiger partial charge in [-0.15, -0.1) is 0 Å². The van der Waals surface area contributed by atoms with Gasteiger partial charge >= 0.3 is 5.97 Å². The van der Waals surface area contributed by atoms with Gasteiger partial charge in [0.25, 0.3) is 0 Å². The third-order valence-corrected chi connectivity index (χ3v) is 1.99. The summed E-state index contributed by atoms with van der Waals surface area (Å²) in [5, 5.41) is 8.57. The molecule has 0 aliphatic carbocycles. The summed E-state index contributed by atoms with van der Waals surface area (Å²) in [5.74, 6) is -1.50. The van der Waals surface area contributed by atoms with Crippen molar-refractivity contribution in [3.8, 4) is 5.75 Å². The molecular formula is C10H12FNO3. The second-order valence-corrected chi connectivity index (χ2v) is 3.12. The Balaban J connectivity index is 2.79. The van der Waals surface area contributed by atoms with E-state index in [0.29, 0.717) is 5.56 Å². The van der Waals surface area contributed by atoms with E-state index in [1.165, 1.54) is 19.2 Å². The molecule has 3 N–H and O–H groups in total. The van der Waals surface area contributed by atoms with Crippen LogP contribution in [0.1, 0.15) is 5.56 Å². The van der Waals surface area contributed by atoms with Gasteiger partial charge in [-0.25, -0.2) is 4.39 Å². The number of rotatable bonds is 4. The van der Waals surface area contributed by atoms with E-state index in [2.05, 4.69) is 0 Å². The van der Waals surface area contributed by atoms with E-state index in [1.54, 1.807) is 6.07 Å². The molecule has 0 fully saturated rings. The molecule has 0 aliphatic heterocycles. The Morgan fingerprint density at radius 1 is 1.67 bits per heavy atom. The number of carbonyl (C=O) groups is 1. The van der Waals surface area contributed by atoms with E-state index in [9.17, 15) is 9.18 Å². The van der Waals surface area contributed by atoms with Crippen LogP contribution in [0.25, 0.3) is 0 Å². The number of hydrogen-bond acceptors (Lipinski definition) is 3. The highest BCUT2D eigenvalue weighted by Gasteiger charge is 2.13. The minimum Gasteiger partial charge on any atom is -0.494 e. The zero-order chi connectivity index (χ0) is 11.4. The lowest BCUT2D eigenvalue weighted by atomic mass is 10.1. The summed E-state index contributed by atoms with van der Waals surface area (Å²) in [6.45, 7) is 0. The molecule has 4 nitrogen and oxygen atoms in total. The number of halogens is 1. The standard InChI is InChI=1S/C10H12FNO3/c1-15-9-3-2-6(4-7(9)11)5-8(12)10(13)14/h2-4,8H,5,12H2,1H3,(H,13,14)/t8-/m0/s1. The summed E-state index contributed by atoms with van der Waals surface area (Å²) in [6.07, 6.45) is 0.0935. The largest absolute Gasteiger partial charge is 0.494 e. The highest BCUT2D eigenvalue weighted by Crippen LogP contribution is 2.18. The first kappa shape index (κ1) is 11.5. The van der Waals surface area contributed by atoms with Crippen LogP contribution in [-0.4, -0.2) is 24.2 Å². The number of methoxy groups -OCH3 is 1. The first-order valence-corrected chi connectivity index (χ1v) is 4.35. The maximum absolute atomic E-state index is 13.2. The Morgan fingerprint density at radius 3 is 2.80 bits per heavy atom. The second-order valence-electron chi connectivity index (χ2n) is 3.12. The average Bonchev–Trinajstić information content (AvgIpc) is 2.18. The molecule has 82 valence electrons. The van der Waals surface area contributed by atoms with Gasteiger partial charge in [0.05, 0.1) is 7.11 Å². The van der Waals surface area contributed by atoms with Crippen LogP contribution in [0.3, 0.4) is 0 Å². The Morgan fingerprint density at radius 2 is 2.33 bits per heavy atom. The molecule has 0 saturated carbocycles. The fourth-order valence-corrected chi connectivity index (χ4v) is 1.18. The maximum atomic E-state index is 13.2. The molecule has 0 unspecified atom stereocenters. The molecule has 0 amide bonds. The molecule has 0 aliphatic rings. The van der Waals surface area contributed by atoms with E-state index in [-0.39, 0.29) is 12.2 Å². The van der Waals surface area contributed by atoms with Gasteiger partial charge in [0, 0.05) is 0 Å². The Hall–Kier alpha value is -1.62. The predicted octanol–water partition coefficient (Wildman–Crippen LogP) is 0.789. The Labute approximate surface area is 86.5 Å². The van der Waals surface area contributed by atoms with Crippen molar-refractivity contribution >= 4 is 5.97 Å². The van der Waals surface area contributed by atoms with Gasteiger partial charge in [0.15, 0.2) is 11.6 Å². The van der Waals surface area contributed by atoms with Crippen LogP contribution in [0.2, 0.25) is 0 Å². The third-order valence-electron chi connectivity index (χ3n) is 1.99. The third kappa shape index (κ3) is 2.92. The number of benzene rings is 1. The molecule has 0 radical (unpaired) electrons. The fourth-order valence-electron chi connectivity index (χ4n) is 1.18. The Kier molecular flexibility index (Phi) is 3.62. The van der Waals surface area contributed by atoms with Gasteiger partial charge in [-0.05, 0) is 24.1 Å². The minimum absolute atomic E-state index is 0.0935. The highest BCUT2D eigenvalue weighted by molar-refractivity contribution is 5.73. The molecule has 0 heterocycles. The van der Waals surface area contributed by atoms with Crippen LogP contribution >= 0.6 is 0 Å². The van der Waals surface area contributed by atoms with Gasteiger partial charge in [0.1, 0.15) is 6.04 Å². The number of carboxylic acids is 1. The van der Waals surface area contributed by atoms with Crippen molar-refractivity contribution in [2.45, 2.75) is 12.5 Å². The normalized spacial score (nSPS) is 12.2. The summed E-state index contributed by atoms with van der Waals surface area (Å²) < 4.78 is 17.9. The number of ether oxygens (including phenoxy) is 1. The highest BCUT2D eigenvalue weighted by atomic mass is 19.1. The van der Waals surface area contributed by atoms with Crippen LogP contribution in [0, 0.1) is 5.82 Å². The summed E-state index contributed by atoms with van der Waals surface area (Å²) in [4.78, 5) is 10.5. The maximum Gasteiger partial charge on any atom is 0.320 e. The summed E-state index contributed by atoms with van der Waals surface area (Å²) in [7, 11) is 1.36. The molecule has 0 spiro atoms. The van der Waals surface area contributed by atoms with E-state index >= 15 is 0 Å². The minimum atomic E-state index is -1.11. The van der Waals surface area contributed by atoms with Crippen LogP contribution in [-0.2, 0) is 11.2 Å². The lowest BCUT2D eigenvalue weighted by Gasteiger charge is -2.07. The van der Waals surface area contributed by atoms with Crippen molar-refractivity contribution in [1.29, 1.82) is 0 Å². The summed E-state index contributed by atoms with van der Waals surface area (Å²) in [5.41, 5.74) is 5.85. The molecule has 0 aromatic heterocycles. The fraction of sp³-hybridized carbons (Fsp3) is 0.300. The van der Waals surface area contributed by atoms with Crippen molar-refractivity contribution in [1.82, 2.24) is 0 Å². The molecule has 15 heavy (non-hydrogen) atoms. The monoisotopic (exact) mass is 213 g/mol. The number of nitrogens with two attached hydrogens (primary N) is 1. The van der Waals surface area contributed by atoms with Crippen molar-refractivity contribution in [3.05, 3.63) is 29.6 Å². The van der Waals surface area contributed by atoms with Crippen molar-refractivity contribution in [2.24, 2.45) is 5.73 Å². The summed E-state index contributed by atoms with van der Waals surface area (Å²) >= 11 is 0. The topological polar surface area (TPSA) is 72.5 Å². The SMILES string of the molecule is COc1ccc(C[C@H](N)C(=O)O)cc1F. The lowest BCUT2D eigenvalue weighted by Crippen LogP contribution is -2.32. The van der Waals surface area contributed by atoms with Gasteiger partial charge < -0.3 is 15.6 Å². The van der Waals surface area contributed by atoms with Gasteiger partial charge in [0.2, 0.25) is 0 Å². The lowest BCUT2D eigenvalue weighted by molar-refractivity contribution is -0.138. The van der Waals surface area contributed by atoms with E-state index in [1.807, 2.05) is 0 Å². The molecule has 0 saturated heterocycles. The molecule has 1 aromatic rings.